The highest BCUT2D eigenvalue weighted by Crippen LogP contribution is 2.33. The molecule has 1 unspecified atom stereocenters. The van der Waals surface area contributed by atoms with E-state index in [2.05, 4.69) is 0 Å². The van der Waals surface area contributed by atoms with E-state index < -0.39 is 11.6 Å². The van der Waals surface area contributed by atoms with Crippen LogP contribution in [0.4, 0.5) is 20.2 Å². The van der Waals surface area contributed by atoms with Crippen molar-refractivity contribution in [2.24, 2.45) is 0 Å². The highest BCUT2D eigenvalue weighted by Gasteiger charge is 2.32. The molecule has 0 aliphatic carbocycles. The molecule has 1 heterocycles. The summed E-state index contributed by atoms with van der Waals surface area (Å²) in [5, 5.41) is 0. The molecule has 0 aromatic heterocycles. The fourth-order valence-electron chi connectivity index (χ4n) is 2.41. The number of hydrogen-bond acceptors (Lipinski definition) is 3. The first-order valence-electron chi connectivity index (χ1n) is 6.00. The summed E-state index contributed by atoms with van der Waals surface area (Å²) in [6.45, 7) is 3.30. The summed E-state index contributed by atoms with van der Waals surface area (Å²) < 4.78 is 32.2. The largest absolute Gasteiger partial charge is 0.395 e. The summed E-state index contributed by atoms with van der Waals surface area (Å²) in [5.41, 5.74) is 5.80. The van der Waals surface area contributed by atoms with E-state index in [4.69, 9.17) is 10.5 Å². The Balaban J connectivity index is 2.31. The number of hydrogen-bond donors (Lipinski definition) is 1. The van der Waals surface area contributed by atoms with Crippen molar-refractivity contribution in [2.45, 2.75) is 25.4 Å². The van der Waals surface area contributed by atoms with Crippen LogP contribution < -0.4 is 10.6 Å². The molecular weight excluding hydrogens is 238 g/mol. The molecule has 0 saturated carbocycles. The van der Waals surface area contributed by atoms with Gasteiger partial charge in [0.2, 0.25) is 0 Å². The van der Waals surface area contributed by atoms with Crippen molar-refractivity contribution < 1.29 is 13.5 Å². The van der Waals surface area contributed by atoms with Gasteiger partial charge < -0.3 is 15.4 Å². The molecule has 100 valence electrons. The van der Waals surface area contributed by atoms with Crippen molar-refractivity contribution in [3.05, 3.63) is 23.8 Å². The average Bonchev–Trinajstić information content (AvgIpc) is 2.34. The third-order valence-corrected chi connectivity index (χ3v) is 3.56. The number of benzene rings is 1. The van der Waals surface area contributed by atoms with Crippen LogP contribution in [0.2, 0.25) is 0 Å². The van der Waals surface area contributed by atoms with E-state index in [1.165, 1.54) is 6.07 Å². The normalized spacial score (nSPS) is 24.3. The summed E-state index contributed by atoms with van der Waals surface area (Å²) in [5.74, 6) is -1.32. The van der Waals surface area contributed by atoms with Gasteiger partial charge >= 0.3 is 0 Å². The Morgan fingerprint density at radius 2 is 2.11 bits per heavy atom. The van der Waals surface area contributed by atoms with Crippen molar-refractivity contribution in [3.8, 4) is 0 Å². The molecular formula is C13H18F2N2O. The Morgan fingerprint density at radius 3 is 2.78 bits per heavy atom. The number of rotatable bonds is 2. The lowest BCUT2D eigenvalue weighted by molar-refractivity contribution is -0.00464. The Hall–Kier alpha value is -1.36. The predicted octanol–water partition coefficient (Wildman–Crippen LogP) is 2.55. The van der Waals surface area contributed by atoms with E-state index in [1.807, 2.05) is 11.8 Å². The second kappa shape index (κ2) is 4.72. The Bertz CT molecular complexity index is 453. The maximum atomic E-state index is 13.4. The van der Waals surface area contributed by atoms with Crippen molar-refractivity contribution in [1.82, 2.24) is 0 Å². The molecule has 18 heavy (non-hydrogen) atoms. The summed E-state index contributed by atoms with van der Waals surface area (Å²) >= 11 is 0. The smallest absolute Gasteiger partial charge is 0.151 e. The van der Waals surface area contributed by atoms with Crippen LogP contribution in [-0.2, 0) is 4.74 Å². The van der Waals surface area contributed by atoms with Crippen LogP contribution in [0.1, 0.15) is 19.8 Å². The summed E-state index contributed by atoms with van der Waals surface area (Å²) in [4.78, 5) is 1.88. The predicted molar refractivity (Wildman–Crippen MR) is 67.6 cm³/mol. The number of anilines is 2. The lowest BCUT2D eigenvalue weighted by Crippen LogP contribution is -2.47. The molecule has 2 N–H and O–H groups in total. The van der Waals surface area contributed by atoms with E-state index in [0.717, 1.165) is 25.5 Å². The molecule has 1 aromatic rings. The maximum Gasteiger partial charge on any atom is 0.151 e. The van der Waals surface area contributed by atoms with Crippen LogP contribution in [0.25, 0.3) is 0 Å². The van der Waals surface area contributed by atoms with Crippen molar-refractivity contribution in [1.29, 1.82) is 0 Å². The molecule has 2 rings (SSSR count). The fourth-order valence-corrected chi connectivity index (χ4v) is 2.41. The standard InChI is InChI=1S/C13H18F2N2O/c1-13(18-2)4-3-5-17(8-13)11-7-9(14)6-10(15)12(11)16/h6-7H,3-5,8,16H2,1-2H3. The van der Waals surface area contributed by atoms with Gasteiger partial charge in [-0.3, -0.25) is 0 Å². The molecule has 0 spiro atoms. The van der Waals surface area contributed by atoms with E-state index in [9.17, 15) is 8.78 Å². The minimum Gasteiger partial charge on any atom is -0.395 e. The van der Waals surface area contributed by atoms with E-state index >= 15 is 0 Å². The second-order valence-electron chi connectivity index (χ2n) is 5.00. The number of piperidine rings is 1. The van der Waals surface area contributed by atoms with Gasteiger partial charge in [0.1, 0.15) is 5.82 Å². The van der Waals surface area contributed by atoms with Crippen LogP contribution in [-0.4, -0.2) is 25.8 Å². The number of halogens is 2. The van der Waals surface area contributed by atoms with Gasteiger partial charge in [-0.1, -0.05) is 0 Å². The molecule has 0 amide bonds. The SMILES string of the molecule is COC1(C)CCCN(c2cc(F)cc(F)c2N)C1. The zero-order chi connectivity index (χ0) is 13.3. The molecule has 5 heteroatoms. The highest BCUT2D eigenvalue weighted by molar-refractivity contribution is 5.68. The van der Waals surface area contributed by atoms with Gasteiger partial charge in [-0.15, -0.1) is 0 Å². The van der Waals surface area contributed by atoms with Crippen LogP contribution in [0.3, 0.4) is 0 Å². The zero-order valence-corrected chi connectivity index (χ0v) is 10.7. The first-order chi connectivity index (χ1) is 8.45. The van der Waals surface area contributed by atoms with Crippen LogP contribution >= 0.6 is 0 Å². The highest BCUT2D eigenvalue weighted by atomic mass is 19.1. The van der Waals surface area contributed by atoms with Gasteiger partial charge in [-0.05, 0) is 25.8 Å². The number of methoxy groups -OCH3 is 1. The lowest BCUT2D eigenvalue weighted by Gasteiger charge is -2.41. The van der Waals surface area contributed by atoms with Gasteiger partial charge in [0.05, 0.1) is 17.0 Å². The van der Waals surface area contributed by atoms with Crippen LogP contribution in [0, 0.1) is 11.6 Å². The lowest BCUT2D eigenvalue weighted by atomic mass is 9.94. The molecule has 1 atom stereocenters. The minimum absolute atomic E-state index is 0.00301. The average molecular weight is 256 g/mol. The summed E-state index contributed by atoms with van der Waals surface area (Å²) in [6.07, 6.45) is 1.83. The molecule has 1 aliphatic heterocycles. The van der Waals surface area contributed by atoms with Crippen LogP contribution in [0.15, 0.2) is 12.1 Å². The van der Waals surface area contributed by atoms with E-state index in [0.29, 0.717) is 12.2 Å². The maximum absolute atomic E-state index is 13.4. The summed E-state index contributed by atoms with van der Waals surface area (Å²) in [7, 11) is 1.65. The Morgan fingerprint density at radius 1 is 1.39 bits per heavy atom. The number of nitrogens with zero attached hydrogens (tertiary/aromatic N) is 1. The first kappa shape index (κ1) is 13.1. The summed E-state index contributed by atoms with van der Waals surface area (Å²) in [6, 6.07) is 2.08. The van der Waals surface area contributed by atoms with Gasteiger partial charge in [0, 0.05) is 26.3 Å². The monoisotopic (exact) mass is 256 g/mol. The van der Waals surface area contributed by atoms with Gasteiger partial charge in [-0.25, -0.2) is 8.78 Å². The Labute approximate surface area is 106 Å². The molecule has 0 radical (unpaired) electrons. The third-order valence-electron chi connectivity index (χ3n) is 3.56. The number of ether oxygens (including phenoxy) is 1. The zero-order valence-electron chi connectivity index (χ0n) is 10.7. The molecule has 3 nitrogen and oxygen atoms in total. The minimum atomic E-state index is -0.713. The van der Waals surface area contributed by atoms with Gasteiger partial charge in [0.15, 0.2) is 5.82 Å². The molecule has 1 saturated heterocycles. The topological polar surface area (TPSA) is 38.5 Å². The van der Waals surface area contributed by atoms with Crippen molar-refractivity contribution in [2.75, 3.05) is 30.8 Å². The molecule has 1 aromatic carbocycles. The molecule has 1 aliphatic rings. The van der Waals surface area contributed by atoms with E-state index in [1.54, 1.807) is 7.11 Å². The third kappa shape index (κ3) is 2.41. The number of nitrogens with two attached hydrogens (primary N) is 1. The van der Waals surface area contributed by atoms with Gasteiger partial charge in [-0.2, -0.15) is 0 Å². The van der Waals surface area contributed by atoms with Gasteiger partial charge in [0.25, 0.3) is 0 Å². The van der Waals surface area contributed by atoms with Crippen molar-refractivity contribution in [3.63, 3.8) is 0 Å². The van der Waals surface area contributed by atoms with Crippen LogP contribution in [0.5, 0.6) is 0 Å². The number of nitrogen functional groups attached to an aromatic ring is 1. The molecule has 1 fully saturated rings. The second-order valence-corrected chi connectivity index (χ2v) is 5.00. The van der Waals surface area contributed by atoms with E-state index in [-0.39, 0.29) is 11.3 Å². The fraction of sp³-hybridized carbons (Fsp3) is 0.538. The Kier molecular flexibility index (Phi) is 3.43. The quantitative estimate of drug-likeness (QED) is 0.826. The molecule has 0 bridgehead atoms. The first-order valence-corrected chi connectivity index (χ1v) is 6.00. The van der Waals surface area contributed by atoms with Crippen molar-refractivity contribution >= 4 is 11.4 Å².